The van der Waals surface area contributed by atoms with Gasteiger partial charge in [-0.25, -0.2) is 9.82 Å². The lowest BCUT2D eigenvalue weighted by molar-refractivity contribution is 0.0955. The van der Waals surface area contributed by atoms with E-state index in [1.165, 1.54) is 30.5 Å². The van der Waals surface area contributed by atoms with Gasteiger partial charge in [-0.1, -0.05) is 6.07 Å². The third-order valence-corrected chi connectivity index (χ3v) is 2.81. The van der Waals surface area contributed by atoms with Crippen LogP contribution in [0.1, 0.15) is 22.8 Å². The van der Waals surface area contributed by atoms with Gasteiger partial charge in [-0.15, -0.1) is 0 Å². The maximum atomic E-state index is 12.8. The minimum absolute atomic E-state index is 0.0517. The van der Waals surface area contributed by atoms with Crippen LogP contribution in [0, 0.1) is 5.82 Å². The number of ether oxygens (including phenoxy) is 1. The van der Waals surface area contributed by atoms with Crippen LogP contribution in [0.25, 0.3) is 0 Å². The Bertz CT molecular complexity index is 684. The topological polar surface area (TPSA) is 70.9 Å². The van der Waals surface area contributed by atoms with Crippen molar-refractivity contribution in [2.75, 3.05) is 6.61 Å². The highest BCUT2D eigenvalue weighted by molar-refractivity contribution is 5.95. The first-order chi connectivity index (χ1) is 10.6. The number of para-hydroxylation sites is 1. The number of amides is 1. The van der Waals surface area contributed by atoms with Crippen molar-refractivity contribution in [3.8, 4) is 11.5 Å². The van der Waals surface area contributed by atoms with Gasteiger partial charge in [0.05, 0.1) is 12.8 Å². The number of nitrogens with zero attached hydrogens (tertiary/aromatic N) is 1. The fraction of sp³-hybridized carbons (Fsp3) is 0.125. The molecule has 0 radical (unpaired) electrons. The van der Waals surface area contributed by atoms with Gasteiger partial charge in [0.15, 0.2) is 11.5 Å². The number of phenols is 1. The largest absolute Gasteiger partial charge is 0.504 e. The van der Waals surface area contributed by atoms with Gasteiger partial charge < -0.3 is 9.84 Å². The normalized spacial score (nSPS) is 10.6. The predicted molar refractivity (Wildman–Crippen MR) is 80.7 cm³/mol. The van der Waals surface area contributed by atoms with E-state index in [-0.39, 0.29) is 11.3 Å². The number of carbonyl (C=O) groups excluding carboxylic acids is 1. The minimum Gasteiger partial charge on any atom is -0.504 e. The standard InChI is InChI=1S/C16H15FN2O3/c1-2-22-14-5-3-4-12(15(14)20)10-18-19-16(21)11-6-8-13(17)9-7-11/h3-10,20H,2H2,1H3,(H,19,21)/b18-10-. The summed E-state index contributed by atoms with van der Waals surface area (Å²) in [5, 5.41) is 13.7. The first kappa shape index (κ1) is 15.5. The van der Waals surface area contributed by atoms with E-state index < -0.39 is 11.7 Å². The van der Waals surface area contributed by atoms with Crippen molar-refractivity contribution in [3.63, 3.8) is 0 Å². The number of rotatable bonds is 5. The summed E-state index contributed by atoms with van der Waals surface area (Å²) >= 11 is 0. The van der Waals surface area contributed by atoms with Crippen LogP contribution in [0.15, 0.2) is 47.6 Å². The van der Waals surface area contributed by atoms with E-state index in [0.29, 0.717) is 17.9 Å². The van der Waals surface area contributed by atoms with Gasteiger partial charge in [0.25, 0.3) is 5.91 Å². The number of halogens is 1. The molecule has 22 heavy (non-hydrogen) atoms. The molecule has 0 bridgehead atoms. The van der Waals surface area contributed by atoms with E-state index in [1.807, 2.05) is 6.92 Å². The molecule has 0 atom stereocenters. The highest BCUT2D eigenvalue weighted by atomic mass is 19.1. The smallest absolute Gasteiger partial charge is 0.271 e. The molecule has 114 valence electrons. The predicted octanol–water partition coefficient (Wildman–Crippen LogP) is 2.69. The van der Waals surface area contributed by atoms with Crippen LogP contribution < -0.4 is 10.2 Å². The van der Waals surface area contributed by atoms with Gasteiger partial charge in [-0.2, -0.15) is 5.10 Å². The quantitative estimate of drug-likeness (QED) is 0.659. The minimum atomic E-state index is -0.475. The summed E-state index contributed by atoms with van der Waals surface area (Å²) in [6.45, 7) is 2.23. The van der Waals surface area contributed by atoms with Gasteiger partial charge in [0.1, 0.15) is 5.82 Å². The number of phenolic OH excluding ortho intramolecular Hbond substituents is 1. The zero-order valence-corrected chi connectivity index (χ0v) is 11.9. The van der Waals surface area contributed by atoms with E-state index in [4.69, 9.17) is 4.74 Å². The number of carbonyl (C=O) groups is 1. The van der Waals surface area contributed by atoms with Crippen LogP contribution in [0.5, 0.6) is 11.5 Å². The maximum absolute atomic E-state index is 12.8. The summed E-state index contributed by atoms with van der Waals surface area (Å²) in [5.41, 5.74) is 2.99. The second kappa shape index (κ2) is 7.21. The zero-order chi connectivity index (χ0) is 15.9. The first-order valence-electron chi connectivity index (χ1n) is 6.65. The van der Waals surface area contributed by atoms with Crippen molar-refractivity contribution in [1.82, 2.24) is 5.43 Å². The van der Waals surface area contributed by atoms with Crippen LogP contribution in [0.4, 0.5) is 4.39 Å². The molecule has 0 saturated carbocycles. The third-order valence-electron chi connectivity index (χ3n) is 2.81. The summed E-state index contributed by atoms with van der Waals surface area (Å²) < 4.78 is 18.0. The van der Waals surface area contributed by atoms with Crippen LogP contribution in [-0.2, 0) is 0 Å². The lowest BCUT2D eigenvalue weighted by Crippen LogP contribution is -2.17. The van der Waals surface area contributed by atoms with Crippen molar-refractivity contribution >= 4 is 12.1 Å². The molecule has 6 heteroatoms. The molecule has 5 nitrogen and oxygen atoms in total. The Morgan fingerprint density at radius 3 is 2.73 bits per heavy atom. The fourth-order valence-electron chi connectivity index (χ4n) is 1.74. The summed E-state index contributed by atoms with van der Waals surface area (Å²) in [6.07, 6.45) is 1.30. The molecule has 0 aliphatic heterocycles. The van der Waals surface area contributed by atoms with Crippen molar-refractivity contribution in [3.05, 3.63) is 59.4 Å². The lowest BCUT2D eigenvalue weighted by Gasteiger charge is -2.07. The molecule has 0 saturated heterocycles. The number of hydrazone groups is 1. The van der Waals surface area contributed by atoms with E-state index in [9.17, 15) is 14.3 Å². The van der Waals surface area contributed by atoms with Crippen LogP contribution >= 0.6 is 0 Å². The molecule has 0 aromatic heterocycles. The van der Waals surface area contributed by atoms with Crippen molar-refractivity contribution in [2.45, 2.75) is 6.92 Å². The summed E-state index contributed by atoms with van der Waals surface area (Å²) in [6, 6.07) is 10.1. The van der Waals surface area contributed by atoms with E-state index >= 15 is 0 Å². The molecule has 0 heterocycles. The SMILES string of the molecule is CCOc1cccc(/C=N\NC(=O)c2ccc(F)cc2)c1O. The Balaban J connectivity index is 2.05. The lowest BCUT2D eigenvalue weighted by atomic mass is 10.2. The highest BCUT2D eigenvalue weighted by Crippen LogP contribution is 2.28. The molecule has 2 N–H and O–H groups in total. The molecule has 0 aliphatic rings. The second-order valence-corrected chi connectivity index (χ2v) is 4.33. The molecule has 0 unspecified atom stereocenters. The average molecular weight is 302 g/mol. The zero-order valence-electron chi connectivity index (χ0n) is 11.9. The number of nitrogens with one attached hydrogen (secondary N) is 1. The molecule has 2 aromatic carbocycles. The molecule has 2 aromatic rings. The molecular formula is C16H15FN2O3. The van der Waals surface area contributed by atoms with Crippen molar-refractivity contribution in [2.24, 2.45) is 5.10 Å². The van der Waals surface area contributed by atoms with Crippen LogP contribution in [-0.4, -0.2) is 23.8 Å². The van der Waals surface area contributed by atoms with E-state index in [1.54, 1.807) is 18.2 Å². The number of aromatic hydroxyl groups is 1. The van der Waals surface area contributed by atoms with Crippen LogP contribution in [0.3, 0.4) is 0 Å². The third kappa shape index (κ3) is 3.82. The number of hydrogen-bond acceptors (Lipinski definition) is 4. The Kier molecular flexibility index (Phi) is 5.08. The molecule has 0 spiro atoms. The van der Waals surface area contributed by atoms with Crippen molar-refractivity contribution < 1.29 is 19.0 Å². The van der Waals surface area contributed by atoms with Gasteiger partial charge in [0, 0.05) is 11.1 Å². The van der Waals surface area contributed by atoms with Gasteiger partial charge in [0.2, 0.25) is 0 Å². The summed E-state index contributed by atoms with van der Waals surface area (Å²) in [4.78, 5) is 11.8. The average Bonchev–Trinajstić information content (AvgIpc) is 2.51. The van der Waals surface area contributed by atoms with Gasteiger partial charge >= 0.3 is 0 Å². The molecular weight excluding hydrogens is 287 g/mol. The number of benzene rings is 2. The number of hydrogen-bond donors (Lipinski definition) is 2. The van der Waals surface area contributed by atoms with Gasteiger partial charge in [-0.3, -0.25) is 4.79 Å². The monoisotopic (exact) mass is 302 g/mol. The highest BCUT2D eigenvalue weighted by Gasteiger charge is 2.07. The molecule has 2 rings (SSSR count). The van der Waals surface area contributed by atoms with Crippen LogP contribution in [0.2, 0.25) is 0 Å². The first-order valence-corrected chi connectivity index (χ1v) is 6.65. The Hall–Kier alpha value is -2.89. The molecule has 0 aliphatic carbocycles. The Morgan fingerprint density at radius 2 is 2.05 bits per heavy atom. The maximum Gasteiger partial charge on any atom is 0.271 e. The van der Waals surface area contributed by atoms with Gasteiger partial charge in [-0.05, 0) is 43.3 Å². The van der Waals surface area contributed by atoms with Crippen molar-refractivity contribution in [1.29, 1.82) is 0 Å². The Morgan fingerprint density at radius 1 is 1.32 bits per heavy atom. The Labute approximate surface area is 127 Å². The fourth-order valence-corrected chi connectivity index (χ4v) is 1.74. The second-order valence-electron chi connectivity index (χ2n) is 4.33. The van der Waals surface area contributed by atoms with E-state index in [2.05, 4.69) is 10.5 Å². The molecule has 1 amide bonds. The summed E-state index contributed by atoms with van der Waals surface area (Å²) in [7, 11) is 0. The molecule has 0 fully saturated rings. The summed E-state index contributed by atoms with van der Waals surface area (Å²) in [5.74, 6) is -0.602. The van der Waals surface area contributed by atoms with E-state index in [0.717, 1.165) is 0 Å².